The molecule has 1 atom stereocenters. The molecule has 5 nitrogen and oxygen atoms in total. The summed E-state index contributed by atoms with van der Waals surface area (Å²) in [7, 11) is -3.60. The van der Waals surface area contributed by atoms with Gasteiger partial charge in [-0.25, -0.2) is 8.42 Å². The lowest BCUT2D eigenvalue weighted by molar-refractivity contribution is -0.122. The predicted molar refractivity (Wildman–Crippen MR) is 86.2 cm³/mol. The molecule has 0 aromatic heterocycles. The standard InChI is InChI=1S/C14H21ClN2O3S/c1-4-9-16-14(18)13(5-2)17(21(3,19)20)12-8-6-7-11(15)10-12/h6-8,10,13H,4-5,9H2,1-3H3,(H,16,18)/t13-/m0/s1. The van der Waals surface area contributed by atoms with Crippen LogP contribution in [0.1, 0.15) is 26.7 Å². The van der Waals surface area contributed by atoms with Crippen molar-refractivity contribution in [3.63, 3.8) is 0 Å². The molecular formula is C14H21ClN2O3S. The number of carbonyl (C=O) groups excluding carboxylic acids is 1. The van der Waals surface area contributed by atoms with Crippen LogP contribution in [-0.2, 0) is 14.8 Å². The first-order valence-corrected chi connectivity index (χ1v) is 9.06. The van der Waals surface area contributed by atoms with Gasteiger partial charge in [0.25, 0.3) is 0 Å². The SMILES string of the molecule is CCCNC(=O)[C@H](CC)N(c1cccc(Cl)c1)S(C)(=O)=O. The van der Waals surface area contributed by atoms with Gasteiger partial charge in [0.15, 0.2) is 0 Å². The zero-order chi connectivity index (χ0) is 16.0. The van der Waals surface area contributed by atoms with Crippen molar-refractivity contribution in [2.45, 2.75) is 32.7 Å². The summed E-state index contributed by atoms with van der Waals surface area (Å²) in [6, 6.07) is 5.70. The second-order valence-electron chi connectivity index (χ2n) is 4.75. The number of hydrogen-bond acceptors (Lipinski definition) is 3. The Balaban J connectivity index is 3.21. The van der Waals surface area contributed by atoms with E-state index in [1.165, 1.54) is 0 Å². The Hall–Kier alpha value is -1.27. The zero-order valence-electron chi connectivity index (χ0n) is 12.5. The van der Waals surface area contributed by atoms with Crippen molar-refractivity contribution in [2.24, 2.45) is 0 Å². The molecule has 0 spiro atoms. The topological polar surface area (TPSA) is 66.5 Å². The van der Waals surface area contributed by atoms with Gasteiger partial charge in [-0.1, -0.05) is 31.5 Å². The van der Waals surface area contributed by atoms with Gasteiger partial charge in [-0.3, -0.25) is 9.10 Å². The fourth-order valence-corrected chi connectivity index (χ4v) is 3.43. The van der Waals surface area contributed by atoms with Crippen LogP contribution in [0.15, 0.2) is 24.3 Å². The van der Waals surface area contributed by atoms with Crippen LogP contribution in [-0.4, -0.2) is 33.2 Å². The summed E-state index contributed by atoms with van der Waals surface area (Å²) in [4.78, 5) is 12.2. The molecule has 0 aliphatic rings. The second-order valence-corrected chi connectivity index (χ2v) is 7.05. The molecule has 0 fully saturated rings. The second kappa shape index (κ2) is 7.66. The lowest BCUT2D eigenvalue weighted by Crippen LogP contribution is -2.49. The number of anilines is 1. The molecule has 0 heterocycles. The quantitative estimate of drug-likeness (QED) is 0.833. The van der Waals surface area contributed by atoms with Crippen molar-refractivity contribution >= 4 is 33.2 Å². The molecule has 0 saturated heterocycles. The Bertz CT molecular complexity index is 590. The summed E-state index contributed by atoms with van der Waals surface area (Å²) in [5.41, 5.74) is 0.392. The Morgan fingerprint density at radius 1 is 1.38 bits per heavy atom. The summed E-state index contributed by atoms with van der Waals surface area (Å²) < 4.78 is 25.4. The van der Waals surface area contributed by atoms with E-state index in [0.717, 1.165) is 17.0 Å². The minimum Gasteiger partial charge on any atom is -0.354 e. The normalized spacial score (nSPS) is 12.8. The Labute approximate surface area is 131 Å². The van der Waals surface area contributed by atoms with Gasteiger partial charge < -0.3 is 5.32 Å². The first kappa shape index (κ1) is 17.8. The lowest BCUT2D eigenvalue weighted by atomic mass is 10.2. The molecule has 1 N–H and O–H groups in total. The number of nitrogens with one attached hydrogen (secondary N) is 1. The highest BCUT2D eigenvalue weighted by molar-refractivity contribution is 7.92. The van der Waals surface area contributed by atoms with Crippen LogP contribution in [0.3, 0.4) is 0 Å². The van der Waals surface area contributed by atoms with Crippen molar-refractivity contribution in [3.05, 3.63) is 29.3 Å². The van der Waals surface area contributed by atoms with Crippen LogP contribution in [0.25, 0.3) is 0 Å². The molecule has 0 aliphatic carbocycles. The number of halogens is 1. The van der Waals surface area contributed by atoms with Crippen LogP contribution in [0, 0.1) is 0 Å². The Morgan fingerprint density at radius 3 is 2.52 bits per heavy atom. The van der Waals surface area contributed by atoms with Crippen LogP contribution < -0.4 is 9.62 Å². The largest absolute Gasteiger partial charge is 0.354 e. The molecular weight excluding hydrogens is 312 g/mol. The highest BCUT2D eigenvalue weighted by Crippen LogP contribution is 2.25. The van der Waals surface area contributed by atoms with Gasteiger partial charge in [-0.05, 0) is 31.0 Å². The summed E-state index contributed by atoms with van der Waals surface area (Å²) in [5.74, 6) is -0.301. The van der Waals surface area contributed by atoms with Gasteiger partial charge in [0, 0.05) is 11.6 Å². The van der Waals surface area contributed by atoms with Gasteiger partial charge in [-0.15, -0.1) is 0 Å². The van der Waals surface area contributed by atoms with E-state index in [-0.39, 0.29) is 5.91 Å². The highest BCUT2D eigenvalue weighted by Gasteiger charge is 2.31. The van der Waals surface area contributed by atoms with E-state index < -0.39 is 16.1 Å². The fourth-order valence-electron chi connectivity index (χ4n) is 2.04. The number of hydrogen-bond donors (Lipinski definition) is 1. The first-order chi connectivity index (χ1) is 9.81. The molecule has 1 aromatic carbocycles. The number of carbonyl (C=O) groups is 1. The highest BCUT2D eigenvalue weighted by atomic mass is 35.5. The zero-order valence-corrected chi connectivity index (χ0v) is 14.0. The van der Waals surface area contributed by atoms with Crippen molar-refractivity contribution < 1.29 is 13.2 Å². The Kier molecular flexibility index (Phi) is 6.48. The third-order valence-corrected chi connectivity index (χ3v) is 4.36. The minimum atomic E-state index is -3.60. The average Bonchev–Trinajstić information content (AvgIpc) is 2.40. The molecule has 21 heavy (non-hydrogen) atoms. The van der Waals surface area contributed by atoms with Crippen molar-refractivity contribution in [2.75, 3.05) is 17.1 Å². The minimum absolute atomic E-state index is 0.301. The van der Waals surface area contributed by atoms with E-state index in [1.807, 2.05) is 6.92 Å². The molecule has 1 amide bonds. The maximum Gasteiger partial charge on any atom is 0.243 e. The number of rotatable bonds is 7. The summed E-state index contributed by atoms with van der Waals surface area (Å²) in [5, 5.41) is 3.16. The predicted octanol–water partition coefficient (Wildman–Crippen LogP) is 2.41. The molecule has 0 saturated carbocycles. The van der Waals surface area contributed by atoms with E-state index in [9.17, 15) is 13.2 Å². The summed E-state index contributed by atoms with van der Waals surface area (Å²) >= 11 is 5.93. The van der Waals surface area contributed by atoms with Gasteiger partial charge >= 0.3 is 0 Å². The number of amides is 1. The van der Waals surface area contributed by atoms with E-state index in [1.54, 1.807) is 31.2 Å². The van der Waals surface area contributed by atoms with Gasteiger partial charge in [-0.2, -0.15) is 0 Å². The molecule has 0 aliphatic heterocycles. The van der Waals surface area contributed by atoms with Crippen molar-refractivity contribution in [1.82, 2.24) is 5.32 Å². The van der Waals surface area contributed by atoms with Gasteiger partial charge in [0.1, 0.15) is 6.04 Å². The molecule has 0 unspecified atom stereocenters. The number of sulfonamides is 1. The number of nitrogens with zero attached hydrogens (tertiary/aromatic N) is 1. The molecule has 0 bridgehead atoms. The molecule has 0 radical (unpaired) electrons. The van der Waals surface area contributed by atoms with Crippen LogP contribution >= 0.6 is 11.6 Å². The van der Waals surface area contributed by atoms with Crippen LogP contribution in [0.5, 0.6) is 0 Å². The van der Waals surface area contributed by atoms with E-state index in [2.05, 4.69) is 5.32 Å². The van der Waals surface area contributed by atoms with Crippen LogP contribution in [0.2, 0.25) is 5.02 Å². The van der Waals surface area contributed by atoms with E-state index in [4.69, 9.17) is 11.6 Å². The summed E-state index contributed by atoms with van der Waals surface area (Å²) in [6.07, 6.45) is 2.25. The molecule has 1 aromatic rings. The number of benzene rings is 1. The lowest BCUT2D eigenvalue weighted by Gasteiger charge is -2.30. The summed E-state index contributed by atoms with van der Waals surface area (Å²) in [6.45, 7) is 4.23. The molecule has 7 heteroatoms. The monoisotopic (exact) mass is 332 g/mol. The van der Waals surface area contributed by atoms with Gasteiger partial charge in [0.2, 0.25) is 15.9 Å². The third kappa shape index (κ3) is 4.89. The first-order valence-electron chi connectivity index (χ1n) is 6.84. The molecule has 118 valence electrons. The van der Waals surface area contributed by atoms with Crippen molar-refractivity contribution in [1.29, 1.82) is 0 Å². The Morgan fingerprint density at radius 2 is 2.05 bits per heavy atom. The maximum atomic E-state index is 12.2. The van der Waals surface area contributed by atoms with E-state index in [0.29, 0.717) is 23.7 Å². The maximum absolute atomic E-state index is 12.2. The van der Waals surface area contributed by atoms with Crippen molar-refractivity contribution in [3.8, 4) is 0 Å². The smallest absolute Gasteiger partial charge is 0.243 e. The molecule has 1 rings (SSSR count). The van der Waals surface area contributed by atoms with Gasteiger partial charge in [0.05, 0.1) is 11.9 Å². The third-order valence-electron chi connectivity index (χ3n) is 2.94. The van der Waals surface area contributed by atoms with Crippen LogP contribution in [0.4, 0.5) is 5.69 Å². The van der Waals surface area contributed by atoms with E-state index >= 15 is 0 Å². The fraction of sp³-hybridized carbons (Fsp3) is 0.500. The average molecular weight is 333 g/mol.